The van der Waals surface area contributed by atoms with Crippen LogP contribution in [0.2, 0.25) is 0 Å². The van der Waals surface area contributed by atoms with Gasteiger partial charge in [-0.05, 0) is 6.42 Å². The fourth-order valence-electron chi connectivity index (χ4n) is 2.33. The van der Waals surface area contributed by atoms with Crippen LogP contribution in [-0.2, 0) is 9.59 Å². The predicted molar refractivity (Wildman–Crippen MR) is 76.6 cm³/mol. The standard InChI is InChI=1S/C15H24N2O2/c1-4-7-10-17-12-13(11-14(17)18)15(19)16(8-5-2)9-6-3/h5-6,13H,2-4,7-12H2,1H3/t13-/m0/s1. The van der Waals surface area contributed by atoms with E-state index in [4.69, 9.17) is 0 Å². The van der Waals surface area contributed by atoms with E-state index in [-0.39, 0.29) is 17.7 Å². The van der Waals surface area contributed by atoms with Crippen molar-refractivity contribution < 1.29 is 9.59 Å². The Hall–Kier alpha value is -1.58. The molecule has 4 nitrogen and oxygen atoms in total. The average molecular weight is 264 g/mol. The molecule has 0 N–H and O–H groups in total. The van der Waals surface area contributed by atoms with Gasteiger partial charge in [-0.2, -0.15) is 0 Å². The van der Waals surface area contributed by atoms with Crippen LogP contribution in [-0.4, -0.2) is 47.8 Å². The van der Waals surface area contributed by atoms with Gasteiger partial charge in [-0.25, -0.2) is 0 Å². The third kappa shape index (κ3) is 4.23. The normalized spacial score (nSPS) is 18.5. The van der Waals surface area contributed by atoms with Gasteiger partial charge < -0.3 is 9.80 Å². The highest BCUT2D eigenvalue weighted by Crippen LogP contribution is 2.20. The van der Waals surface area contributed by atoms with E-state index in [1.807, 2.05) is 4.90 Å². The minimum atomic E-state index is -0.204. The van der Waals surface area contributed by atoms with Crippen molar-refractivity contribution >= 4 is 11.8 Å². The van der Waals surface area contributed by atoms with E-state index < -0.39 is 0 Å². The first kappa shape index (κ1) is 15.5. The summed E-state index contributed by atoms with van der Waals surface area (Å²) in [6.07, 6.45) is 5.80. The fraction of sp³-hybridized carbons (Fsp3) is 0.600. The lowest BCUT2D eigenvalue weighted by molar-refractivity contribution is -0.134. The number of carbonyl (C=O) groups is 2. The Morgan fingerprint density at radius 2 is 2.05 bits per heavy atom. The van der Waals surface area contributed by atoms with Gasteiger partial charge in [-0.1, -0.05) is 25.5 Å². The Bertz CT molecular complexity index is 342. The number of rotatable bonds is 8. The van der Waals surface area contributed by atoms with E-state index in [1.165, 1.54) is 0 Å². The zero-order valence-corrected chi connectivity index (χ0v) is 11.8. The predicted octanol–water partition coefficient (Wildman–Crippen LogP) is 1.84. The van der Waals surface area contributed by atoms with Crippen LogP contribution in [0.4, 0.5) is 0 Å². The molecule has 0 saturated carbocycles. The highest BCUT2D eigenvalue weighted by atomic mass is 16.2. The molecule has 1 aliphatic heterocycles. The zero-order chi connectivity index (χ0) is 14.3. The fourth-order valence-corrected chi connectivity index (χ4v) is 2.33. The third-order valence-corrected chi connectivity index (χ3v) is 3.36. The summed E-state index contributed by atoms with van der Waals surface area (Å²) in [4.78, 5) is 27.7. The second-order valence-electron chi connectivity index (χ2n) is 4.91. The van der Waals surface area contributed by atoms with Gasteiger partial charge in [0.1, 0.15) is 0 Å². The highest BCUT2D eigenvalue weighted by molar-refractivity contribution is 5.89. The first-order chi connectivity index (χ1) is 9.13. The first-order valence-electron chi connectivity index (χ1n) is 6.92. The second kappa shape index (κ2) is 7.77. The van der Waals surface area contributed by atoms with Crippen LogP contribution < -0.4 is 0 Å². The third-order valence-electron chi connectivity index (χ3n) is 3.36. The number of unbranched alkanes of at least 4 members (excludes halogenated alkanes) is 1. The van der Waals surface area contributed by atoms with Crippen molar-refractivity contribution in [1.82, 2.24) is 9.80 Å². The van der Waals surface area contributed by atoms with Crippen LogP contribution in [0, 0.1) is 5.92 Å². The summed E-state index contributed by atoms with van der Waals surface area (Å²) in [6.45, 7) is 11.7. The molecule has 0 aromatic rings. The van der Waals surface area contributed by atoms with Gasteiger partial charge in [0.25, 0.3) is 0 Å². The maximum atomic E-state index is 12.3. The average Bonchev–Trinajstić information content (AvgIpc) is 2.76. The molecule has 1 heterocycles. The molecule has 0 aromatic heterocycles. The summed E-state index contributed by atoms with van der Waals surface area (Å²) in [5.74, 6) is -0.0691. The summed E-state index contributed by atoms with van der Waals surface area (Å²) in [6, 6.07) is 0. The van der Waals surface area contributed by atoms with E-state index >= 15 is 0 Å². The Morgan fingerprint density at radius 3 is 2.58 bits per heavy atom. The summed E-state index contributed by atoms with van der Waals surface area (Å²) in [7, 11) is 0. The molecule has 0 aromatic carbocycles. The second-order valence-corrected chi connectivity index (χ2v) is 4.91. The highest BCUT2D eigenvalue weighted by Gasteiger charge is 2.35. The van der Waals surface area contributed by atoms with Gasteiger partial charge in [-0.3, -0.25) is 9.59 Å². The minimum Gasteiger partial charge on any atom is -0.342 e. The van der Waals surface area contributed by atoms with Crippen LogP contribution in [0.25, 0.3) is 0 Å². The van der Waals surface area contributed by atoms with Crippen molar-refractivity contribution in [3.05, 3.63) is 25.3 Å². The Kier molecular flexibility index (Phi) is 6.33. The van der Waals surface area contributed by atoms with Crippen molar-refractivity contribution in [3.63, 3.8) is 0 Å². The van der Waals surface area contributed by atoms with E-state index in [1.54, 1.807) is 17.1 Å². The minimum absolute atomic E-state index is 0.0344. The first-order valence-corrected chi connectivity index (χ1v) is 6.92. The molecule has 0 unspecified atom stereocenters. The van der Waals surface area contributed by atoms with Crippen molar-refractivity contribution in [1.29, 1.82) is 0 Å². The van der Waals surface area contributed by atoms with Gasteiger partial charge >= 0.3 is 0 Å². The molecule has 0 radical (unpaired) electrons. The van der Waals surface area contributed by atoms with E-state index in [2.05, 4.69) is 20.1 Å². The number of hydrogen-bond donors (Lipinski definition) is 0. The number of likely N-dealkylation sites (tertiary alicyclic amines) is 1. The maximum Gasteiger partial charge on any atom is 0.228 e. The van der Waals surface area contributed by atoms with Crippen LogP contribution >= 0.6 is 0 Å². The smallest absolute Gasteiger partial charge is 0.228 e. The van der Waals surface area contributed by atoms with Crippen LogP contribution in [0.5, 0.6) is 0 Å². The summed E-state index contributed by atoms with van der Waals surface area (Å²) in [5, 5.41) is 0. The van der Waals surface area contributed by atoms with Gasteiger partial charge in [0, 0.05) is 32.6 Å². The Balaban J connectivity index is 2.60. The molecule has 106 valence electrons. The van der Waals surface area contributed by atoms with Crippen molar-refractivity contribution in [2.75, 3.05) is 26.2 Å². The lowest BCUT2D eigenvalue weighted by atomic mass is 10.1. The van der Waals surface area contributed by atoms with Crippen LogP contribution in [0.1, 0.15) is 26.2 Å². The molecule has 2 amide bonds. The Labute approximate surface area is 115 Å². The SMILES string of the molecule is C=CCN(CC=C)C(=O)[C@H]1CC(=O)N(CCCC)C1. The van der Waals surface area contributed by atoms with Crippen LogP contribution in [0.15, 0.2) is 25.3 Å². The molecule has 0 spiro atoms. The molecule has 4 heteroatoms. The molecular formula is C15H24N2O2. The van der Waals surface area contributed by atoms with Crippen LogP contribution in [0.3, 0.4) is 0 Å². The number of hydrogen-bond acceptors (Lipinski definition) is 2. The monoisotopic (exact) mass is 264 g/mol. The molecule has 1 atom stereocenters. The van der Waals surface area contributed by atoms with Crippen molar-refractivity contribution in [2.24, 2.45) is 5.92 Å². The topological polar surface area (TPSA) is 40.6 Å². The zero-order valence-electron chi connectivity index (χ0n) is 11.8. The van der Waals surface area contributed by atoms with Gasteiger partial charge in [0.2, 0.25) is 11.8 Å². The molecule has 0 aliphatic carbocycles. The largest absolute Gasteiger partial charge is 0.342 e. The Morgan fingerprint density at radius 1 is 1.42 bits per heavy atom. The summed E-state index contributed by atoms with van der Waals surface area (Å²) < 4.78 is 0. The molecule has 19 heavy (non-hydrogen) atoms. The number of amides is 2. The number of carbonyl (C=O) groups excluding carboxylic acids is 2. The molecule has 1 fully saturated rings. The molecule has 0 bridgehead atoms. The summed E-state index contributed by atoms with van der Waals surface area (Å²) in [5.41, 5.74) is 0. The van der Waals surface area contributed by atoms with Gasteiger partial charge in [-0.15, -0.1) is 13.2 Å². The van der Waals surface area contributed by atoms with Crippen molar-refractivity contribution in [3.8, 4) is 0 Å². The lowest BCUT2D eigenvalue weighted by Crippen LogP contribution is -2.37. The molecular weight excluding hydrogens is 240 g/mol. The lowest BCUT2D eigenvalue weighted by Gasteiger charge is -2.23. The number of nitrogens with zero attached hydrogens (tertiary/aromatic N) is 2. The van der Waals surface area contributed by atoms with E-state index in [0.717, 1.165) is 19.4 Å². The maximum absolute atomic E-state index is 12.3. The van der Waals surface area contributed by atoms with E-state index in [0.29, 0.717) is 26.1 Å². The molecule has 1 aliphatic rings. The van der Waals surface area contributed by atoms with E-state index in [9.17, 15) is 9.59 Å². The van der Waals surface area contributed by atoms with Crippen molar-refractivity contribution in [2.45, 2.75) is 26.2 Å². The summed E-state index contributed by atoms with van der Waals surface area (Å²) >= 11 is 0. The molecule has 1 saturated heterocycles. The van der Waals surface area contributed by atoms with Gasteiger partial charge in [0.15, 0.2) is 0 Å². The quantitative estimate of drug-likeness (QED) is 0.628. The van der Waals surface area contributed by atoms with Gasteiger partial charge in [0.05, 0.1) is 5.92 Å². The molecule has 1 rings (SSSR count).